The zero-order valence-electron chi connectivity index (χ0n) is 15.5. The molecule has 2 rings (SSSR count). The highest BCUT2D eigenvalue weighted by molar-refractivity contribution is 5.82. The molecule has 1 aliphatic heterocycles. The van der Waals surface area contributed by atoms with Crippen molar-refractivity contribution >= 4 is 17.7 Å². The van der Waals surface area contributed by atoms with E-state index in [1.54, 1.807) is 0 Å². The van der Waals surface area contributed by atoms with Crippen LogP contribution in [0.5, 0.6) is 0 Å². The first-order chi connectivity index (χ1) is 11.5. The van der Waals surface area contributed by atoms with E-state index in [4.69, 9.17) is 16.2 Å². The monoisotopic (exact) mass is 347 g/mol. The van der Waals surface area contributed by atoms with Crippen molar-refractivity contribution in [3.8, 4) is 0 Å². The average molecular weight is 347 g/mol. The van der Waals surface area contributed by atoms with Gasteiger partial charge in [0, 0.05) is 13.0 Å². The molecule has 6 nitrogen and oxygen atoms in total. The largest absolute Gasteiger partial charge is 0.480 e. The second kappa shape index (κ2) is 8.65. The Labute approximate surface area is 149 Å². The summed E-state index contributed by atoms with van der Waals surface area (Å²) in [6.45, 7) is 8.40. The summed E-state index contributed by atoms with van der Waals surface area (Å²) in [5, 5.41) is 15.1. The summed E-state index contributed by atoms with van der Waals surface area (Å²) in [5.74, 6) is -0.638. The maximum absolute atomic E-state index is 12.0. The van der Waals surface area contributed by atoms with Crippen molar-refractivity contribution in [1.29, 1.82) is 5.41 Å². The van der Waals surface area contributed by atoms with Gasteiger partial charge in [-0.15, -0.1) is 0 Å². The number of nitrogens with zero attached hydrogens (tertiary/aromatic N) is 1. The molecular formula is C19H29N3O3. The Morgan fingerprint density at radius 3 is 2.24 bits per heavy atom. The number of nitrogens with two attached hydrogens (primary N) is 1. The van der Waals surface area contributed by atoms with Crippen LogP contribution in [0.4, 0.5) is 0 Å². The molecule has 1 fully saturated rings. The Kier molecular flexibility index (Phi) is 7.15. The molecular weight excluding hydrogens is 318 g/mol. The minimum absolute atomic E-state index is 0.0615. The van der Waals surface area contributed by atoms with Crippen LogP contribution >= 0.6 is 0 Å². The number of piperidine rings is 1. The number of nitrogens with one attached hydrogen (secondary N) is 1. The molecule has 0 saturated carbocycles. The van der Waals surface area contributed by atoms with Crippen molar-refractivity contribution in [2.24, 2.45) is 5.73 Å². The van der Waals surface area contributed by atoms with Crippen molar-refractivity contribution < 1.29 is 14.7 Å². The molecule has 1 aliphatic rings. The predicted octanol–water partition coefficient (Wildman–Crippen LogP) is 2.72. The number of likely N-dealkylation sites (tertiary alicyclic amines) is 1. The van der Waals surface area contributed by atoms with Gasteiger partial charge >= 0.3 is 5.97 Å². The maximum atomic E-state index is 12.0. The van der Waals surface area contributed by atoms with Crippen LogP contribution in [0.3, 0.4) is 0 Å². The van der Waals surface area contributed by atoms with Crippen molar-refractivity contribution in [2.75, 3.05) is 13.1 Å². The minimum Gasteiger partial charge on any atom is -0.480 e. The van der Waals surface area contributed by atoms with Crippen LogP contribution < -0.4 is 5.73 Å². The fraction of sp³-hybridized carbons (Fsp3) is 0.526. The third kappa shape index (κ3) is 6.95. The molecule has 1 aromatic rings. The normalized spacial score (nSPS) is 17.5. The molecule has 0 aromatic heterocycles. The Bertz CT molecular complexity index is 614. The van der Waals surface area contributed by atoms with Gasteiger partial charge in [0.15, 0.2) is 0 Å². The van der Waals surface area contributed by atoms with Crippen LogP contribution in [-0.4, -0.2) is 40.8 Å². The third-order valence-corrected chi connectivity index (χ3v) is 4.10. The van der Waals surface area contributed by atoms with Crippen molar-refractivity contribution in [1.82, 2.24) is 4.90 Å². The molecule has 1 saturated heterocycles. The summed E-state index contributed by atoms with van der Waals surface area (Å²) < 4.78 is 0. The van der Waals surface area contributed by atoms with Gasteiger partial charge in [-0.3, -0.25) is 15.0 Å². The fourth-order valence-electron chi connectivity index (χ4n) is 2.75. The van der Waals surface area contributed by atoms with E-state index in [2.05, 4.69) is 45.0 Å². The van der Waals surface area contributed by atoms with E-state index in [1.807, 2.05) is 0 Å². The standard InChI is InChI=1S/C17H23NO3.C2H6N2/c1-17(2,3)14-6-4-12(5-7-14)13-8-9-18(11-16(20)21)15(19)10-13;1-2(3)4/h4-7,13H,8-11H2,1-3H3,(H,20,21);1H3,(H3,3,4). The molecule has 1 atom stereocenters. The van der Waals surface area contributed by atoms with E-state index < -0.39 is 5.97 Å². The van der Waals surface area contributed by atoms with Gasteiger partial charge in [-0.2, -0.15) is 0 Å². The Morgan fingerprint density at radius 2 is 1.84 bits per heavy atom. The number of aliphatic carboxylic acids is 1. The highest BCUT2D eigenvalue weighted by Crippen LogP contribution is 2.30. The lowest BCUT2D eigenvalue weighted by atomic mass is 9.83. The maximum Gasteiger partial charge on any atom is 0.323 e. The molecule has 0 spiro atoms. The van der Waals surface area contributed by atoms with E-state index in [0.717, 1.165) is 6.42 Å². The Morgan fingerprint density at radius 1 is 1.32 bits per heavy atom. The number of carbonyl (C=O) groups is 2. The first kappa shape index (κ1) is 20.7. The first-order valence-corrected chi connectivity index (χ1v) is 8.41. The van der Waals surface area contributed by atoms with Crippen LogP contribution in [0, 0.1) is 5.41 Å². The molecule has 1 unspecified atom stereocenters. The summed E-state index contributed by atoms with van der Waals surface area (Å²) in [4.78, 5) is 24.1. The van der Waals surface area contributed by atoms with Crippen molar-refractivity contribution in [2.45, 2.75) is 51.9 Å². The highest BCUT2D eigenvalue weighted by Gasteiger charge is 2.28. The summed E-state index contributed by atoms with van der Waals surface area (Å²) in [6.07, 6.45) is 1.23. The molecule has 4 N–H and O–H groups in total. The van der Waals surface area contributed by atoms with Crippen LogP contribution in [0.25, 0.3) is 0 Å². The molecule has 0 aliphatic carbocycles. The lowest BCUT2D eigenvalue weighted by molar-refractivity contribution is -0.145. The number of hydrogen-bond donors (Lipinski definition) is 3. The Hall–Kier alpha value is -2.37. The van der Waals surface area contributed by atoms with Gasteiger partial charge in [-0.25, -0.2) is 0 Å². The highest BCUT2D eigenvalue weighted by atomic mass is 16.4. The van der Waals surface area contributed by atoms with E-state index in [-0.39, 0.29) is 29.6 Å². The van der Waals surface area contributed by atoms with E-state index >= 15 is 0 Å². The van der Waals surface area contributed by atoms with Crippen molar-refractivity contribution in [3.63, 3.8) is 0 Å². The number of amidine groups is 1. The molecule has 0 radical (unpaired) electrons. The molecule has 1 heterocycles. The van der Waals surface area contributed by atoms with Gasteiger partial charge in [0.25, 0.3) is 0 Å². The number of hydrogen-bond acceptors (Lipinski definition) is 3. The summed E-state index contributed by atoms with van der Waals surface area (Å²) in [5.41, 5.74) is 7.27. The van der Waals surface area contributed by atoms with Gasteiger partial charge in [0.2, 0.25) is 5.91 Å². The van der Waals surface area contributed by atoms with E-state index in [0.29, 0.717) is 13.0 Å². The quantitative estimate of drug-likeness (QED) is 0.577. The average Bonchev–Trinajstić information content (AvgIpc) is 2.47. The minimum atomic E-state index is -0.948. The number of rotatable bonds is 3. The van der Waals surface area contributed by atoms with Gasteiger partial charge in [-0.1, -0.05) is 45.0 Å². The van der Waals surface area contributed by atoms with Crippen LogP contribution in [-0.2, 0) is 15.0 Å². The van der Waals surface area contributed by atoms with Crippen LogP contribution in [0.2, 0.25) is 0 Å². The molecule has 1 aromatic carbocycles. The van der Waals surface area contributed by atoms with E-state index in [1.165, 1.54) is 23.0 Å². The van der Waals surface area contributed by atoms with Gasteiger partial charge in [0.05, 0.1) is 5.84 Å². The topological polar surface area (TPSA) is 107 Å². The zero-order chi connectivity index (χ0) is 19.2. The SMILES string of the molecule is CC(=N)N.CC(C)(C)c1ccc(C2CCN(CC(=O)O)C(=O)C2)cc1. The van der Waals surface area contributed by atoms with E-state index in [9.17, 15) is 9.59 Å². The van der Waals surface area contributed by atoms with Crippen molar-refractivity contribution in [3.05, 3.63) is 35.4 Å². The number of amides is 1. The fourth-order valence-corrected chi connectivity index (χ4v) is 2.75. The van der Waals surface area contributed by atoms with Gasteiger partial charge < -0.3 is 15.7 Å². The molecule has 1 amide bonds. The second-order valence-electron chi connectivity index (χ2n) is 7.45. The van der Waals surface area contributed by atoms with Gasteiger partial charge in [-0.05, 0) is 35.8 Å². The molecule has 6 heteroatoms. The smallest absolute Gasteiger partial charge is 0.323 e. The summed E-state index contributed by atoms with van der Waals surface area (Å²) >= 11 is 0. The first-order valence-electron chi connectivity index (χ1n) is 8.41. The van der Waals surface area contributed by atoms with Crippen LogP contribution in [0.1, 0.15) is 57.6 Å². The number of benzene rings is 1. The molecule has 25 heavy (non-hydrogen) atoms. The van der Waals surface area contributed by atoms with Crippen LogP contribution in [0.15, 0.2) is 24.3 Å². The lowest BCUT2D eigenvalue weighted by Crippen LogP contribution is -2.41. The molecule has 138 valence electrons. The molecule has 0 bridgehead atoms. The number of carboxylic acids is 1. The number of carboxylic acid groups (broad SMARTS) is 1. The number of carbonyl (C=O) groups excluding carboxylic acids is 1. The summed E-state index contributed by atoms with van der Waals surface area (Å²) in [7, 11) is 0. The third-order valence-electron chi connectivity index (χ3n) is 4.10. The zero-order valence-corrected chi connectivity index (χ0v) is 15.5. The predicted molar refractivity (Wildman–Crippen MR) is 98.9 cm³/mol. The van der Waals surface area contributed by atoms with Gasteiger partial charge in [0.1, 0.15) is 6.54 Å². The lowest BCUT2D eigenvalue weighted by Gasteiger charge is -2.31. The Balaban J connectivity index is 0.000000705. The second-order valence-corrected chi connectivity index (χ2v) is 7.45. The summed E-state index contributed by atoms with van der Waals surface area (Å²) in [6, 6.07) is 8.46.